The van der Waals surface area contributed by atoms with E-state index < -0.39 is 12.0 Å². The third-order valence-corrected chi connectivity index (χ3v) is 3.59. The lowest BCUT2D eigenvalue weighted by molar-refractivity contribution is -0.139. The Balaban J connectivity index is 2.44. The van der Waals surface area contributed by atoms with Gasteiger partial charge in [0.05, 0.1) is 0 Å². The van der Waals surface area contributed by atoms with Gasteiger partial charge in [-0.3, -0.25) is 4.79 Å². The molecule has 4 heteroatoms. The zero-order chi connectivity index (χ0) is 13.4. The highest BCUT2D eigenvalue weighted by Crippen LogP contribution is 2.13. The van der Waals surface area contributed by atoms with E-state index in [-0.39, 0.29) is 0 Å². The maximum Gasteiger partial charge on any atom is 0.320 e. The van der Waals surface area contributed by atoms with Gasteiger partial charge >= 0.3 is 5.97 Å². The van der Waals surface area contributed by atoms with Gasteiger partial charge in [0.25, 0.3) is 0 Å². The standard InChI is InChI=1S/C14H21NO2S/c1-11(12-6-4-3-5-7-12)10-15-13(14(16)17)8-9-18-2/h3-7,11,13,15H,8-10H2,1-2H3,(H,16,17)/t11-,13-/m1/s1. The largest absolute Gasteiger partial charge is 0.480 e. The highest BCUT2D eigenvalue weighted by molar-refractivity contribution is 7.98. The Bertz CT molecular complexity index is 356. The predicted octanol–water partition coefficient (Wildman–Crippen LogP) is 2.59. The Kier molecular flexibility index (Phi) is 6.83. The molecule has 0 unspecified atom stereocenters. The van der Waals surface area contributed by atoms with Crippen molar-refractivity contribution in [2.45, 2.75) is 25.3 Å². The molecule has 0 aromatic heterocycles. The van der Waals surface area contributed by atoms with E-state index in [4.69, 9.17) is 5.11 Å². The summed E-state index contributed by atoms with van der Waals surface area (Å²) in [6.07, 6.45) is 2.66. The van der Waals surface area contributed by atoms with Gasteiger partial charge in [-0.1, -0.05) is 37.3 Å². The van der Waals surface area contributed by atoms with Crippen molar-refractivity contribution >= 4 is 17.7 Å². The van der Waals surface area contributed by atoms with Crippen LogP contribution in [0.3, 0.4) is 0 Å². The summed E-state index contributed by atoms with van der Waals surface area (Å²) in [6.45, 7) is 2.80. The molecule has 0 saturated carbocycles. The van der Waals surface area contributed by atoms with Gasteiger partial charge in [0.2, 0.25) is 0 Å². The highest BCUT2D eigenvalue weighted by Gasteiger charge is 2.17. The van der Waals surface area contributed by atoms with Gasteiger partial charge in [0.1, 0.15) is 6.04 Å². The van der Waals surface area contributed by atoms with Gasteiger partial charge in [-0.2, -0.15) is 11.8 Å². The summed E-state index contributed by atoms with van der Waals surface area (Å²) in [5.41, 5.74) is 1.24. The van der Waals surface area contributed by atoms with Crippen LogP contribution in [-0.4, -0.2) is 35.7 Å². The first-order valence-electron chi connectivity index (χ1n) is 6.15. The second-order valence-corrected chi connectivity index (χ2v) is 5.38. The lowest BCUT2D eigenvalue weighted by Crippen LogP contribution is -2.39. The van der Waals surface area contributed by atoms with Crippen LogP contribution >= 0.6 is 11.8 Å². The van der Waals surface area contributed by atoms with E-state index in [1.807, 2.05) is 24.5 Å². The van der Waals surface area contributed by atoms with E-state index in [1.54, 1.807) is 11.8 Å². The number of hydrogen-bond donors (Lipinski definition) is 2. The minimum Gasteiger partial charge on any atom is -0.480 e. The quantitative estimate of drug-likeness (QED) is 0.760. The molecule has 0 amide bonds. The number of aliphatic carboxylic acids is 1. The van der Waals surface area contributed by atoms with Crippen LogP contribution in [0.5, 0.6) is 0 Å². The Morgan fingerprint density at radius 1 is 1.39 bits per heavy atom. The molecule has 2 atom stereocenters. The maximum absolute atomic E-state index is 11.1. The van der Waals surface area contributed by atoms with Crippen molar-refractivity contribution in [1.29, 1.82) is 0 Å². The molecule has 3 nitrogen and oxygen atoms in total. The second kappa shape index (κ2) is 8.16. The van der Waals surface area contributed by atoms with Crippen molar-refractivity contribution in [3.8, 4) is 0 Å². The number of nitrogens with one attached hydrogen (secondary N) is 1. The monoisotopic (exact) mass is 267 g/mol. The van der Waals surface area contributed by atoms with Gasteiger partial charge < -0.3 is 10.4 Å². The zero-order valence-corrected chi connectivity index (χ0v) is 11.7. The van der Waals surface area contributed by atoms with Crippen molar-refractivity contribution < 1.29 is 9.90 Å². The Morgan fingerprint density at radius 2 is 2.06 bits per heavy atom. The first-order chi connectivity index (χ1) is 8.65. The predicted molar refractivity (Wildman–Crippen MR) is 77.3 cm³/mol. The molecule has 2 N–H and O–H groups in total. The summed E-state index contributed by atoms with van der Waals surface area (Å²) in [7, 11) is 0. The van der Waals surface area contributed by atoms with E-state index in [1.165, 1.54) is 5.56 Å². The van der Waals surface area contributed by atoms with Gasteiger partial charge in [-0.05, 0) is 29.9 Å². The van der Waals surface area contributed by atoms with Crippen LogP contribution in [0.1, 0.15) is 24.8 Å². The maximum atomic E-state index is 11.1. The van der Waals surface area contributed by atoms with Crippen LogP contribution in [0.2, 0.25) is 0 Å². The molecule has 0 spiro atoms. The minimum atomic E-state index is -0.760. The third kappa shape index (κ3) is 5.10. The number of carboxylic acids is 1. The molecule has 1 aromatic rings. The summed E-state index contributed by atoms with van der Waals surface area (Å²) in [6, 6.07) is 9.71. The fraction of sp³-hybridized carbons (Fsp3) is 0.500. The first-order valence-corrected chi connectivity index (χ1v) is 7.54. The molecule has 0 saturated heterocycles. The van der Waals surface area contributed by atoms with Gasteiger partial charge in [0.15, 0.2) is 0 Å². The van der Waals surface area contributed by atoms with Crippen molar-refractivity contribution in [3.63, 3.8) is 0 Å². The normalized spacial score (nSPS) is 14.1. The lowest BCUT2D eigenvalue weighted by Gasteiger charge is -2.18. The van der Waals surface area contributed by atoms with E-state index in [0.717, 1.165) is 5.75 Å². The molecule has 0 aliphatic rings. The number of carbonyl (C=O) groups is 1. The molecule has 0 aliphatic heterocycles. The molecule has 0 aliphatic carbocycles. The average Bonchev–Trinajstić information content (AvgIpc) is 2.39. The molecule has 0 radical (unpaired) electrons. The topological polar surface area (TPSA) is 49.3 Å². The van der Waals surface area contributed by atoms with E-state index in [2.05, 4.69) is 24.4 Å². The smallest absolute Gasteiger partial charge is 0.320 e. The number of hydrogen-bond acceptors (Lipinski definition) is 3. The van der Waals surface area contributed by atoms with Crippen molar-refractivity contribution in [1.82, 2.24) is 5.32 Å². The lowest BCUT2D eigenvalue weighted by atomic mass is 10.0. The van der Waals surface area contributed by atoms with Gasteiger partial charge in [-0.25, -0.2) is 0 Å². The molecule has 0 heterocycles. The molecule has 1 rings (SSSR count). The SMILES string of the molecule is CSCC[C@@H](NC[C@@H](C)c1ccccc1)C(=O)O. The number of benzene rings is 1. The van der Waals surface area contributed by atoms with Crippen molar-refractivity contribution in [2.75, 3.05) is 18.6 Å². The van der Waals surface area contributed by atoms with Crippen LogP contribution < -0.4 is 5.32 Å². The summed E-state index contributed by atoms with van der Waals surface area (Å²) >= 11 is 1.67. The number of thioether (sulfide) groups is 1. The third-order valence-electron chi connectivity index (χ3n) is 2.95. The Labute approximate surface area is 113 Å². The number of carboxylic acid groups (broad SMARTS) is 1. The summed E-state index contributed by atoms with van der Waals surface area (Å²) in [5.74, 6) is 0.426. The highest BCUT2D eigenvalue weighted by atomic mass is 32.2. The Hall–Kier alpha value is -1.00. The van der Waals surface area contributed by atoms with Gasteiger partial charge in [0, 0.05) is 6.54 Å². The molecule has 0 bridgehead atoms. The van der Waals surface area contributed by atoms with Crippen molar-refractivity contribution in [2.24, 2.45) is 0 Å². The summed E-state index contributed by atoms with van der Waals surface area (Å²) in [4.78, 5) is 11.1. The first kappa shape index (κ1) is 15.1. The van der Waals surface area contributed by atoms with Crippen LogP contribution in [0.4, 0.5) is 0 Å². The number of rotatable bonds is 8. The van der Waals surface area contributed by atoms with Crippen LogP contribution in [-0.2, 0) is 4.79 Å². The molecule has 100 valence electrons. The molecular weight excluding hydrogens is 246 g/mol. The van der Waals surface area contributed by atoms with E-state index >= 15 is 0 Å². The average molecular weight is 267 g/mol. The summed E-state index contributed by atoms with van der Waals surface area (Å²) in [5, 5.41) is 12.3. The Morgan fingerprint density at radius 3 is 2.61 bits per heavy atom. The molecule has 0 fully saturated rings. The molecule has 1 aromatic carbocycles. The van der Waals surface area contributed by atoms with E-state index in [9.17, 15) is 4.79 Å². The fourth-order valence-electron chi connectivity index (χ4n) is 1.77. The molecule has 18 heavy (non-hydrogen) atoms. The van der Waals surface area contributed by atoms with Gasteiger partial charge in [-0.15, -0.1) is 0 Å². The zero-order valence-electron chi connectivity index (χ0n) is 10.9. The minimum absolute atomic E-state index is 0.322. The second-order valence-electron chi connectivity index (χ2n) is 4.39. The van der Waals surface area contributed by atoms with Crippen LogP contribution in [0.25, 0.3) is 0 Å². The molecular formula is C14H21NO2S. The van der Waals surface area contributed by atoms with Crippen molar-refractivity contribution in [3.05, 3.63) is 35.9 Å². The van der Waals surface area contributed by atoms with Crippen LogP contribution in [0.15, 0.2) is 30.3 Å². The van der Waals surface area contributed by atoms with Crippen LogP contribution in [0, 0.1) is 0 Å². The summed E-state index contributed by atoms with van der Waals surface area (Å²) < 4.78 is 0. The fourth-order valence-corrected chi connectivity index (χ4v) is 2.24. The van der Waals surface area contributed by atoms with E-state index in [0.29, 0.717) is 18.9 Å².